The fourth-order valence-electron chi connectivity index (χ4n) is 7.45. The summed E-state index contributed by atoms with van der Waals surface area (Å²) in [5, 5.41) is 33.8. The molecular weight excluding hydrogens is 396 g/mol. The summed E-state index contributed by atoms with van der Waals surface area (Å²) in [6.45, 7) is 7.60. The van der Waals surface area contributed by atoms with Crippen LogP contribution in [0.3, 0.4) is 0 Å². The molecule has 3 N–H and O–H groups in total. The van der Waals surface area contributed by atoms with Gasteiger partial charge in [0, 0.05) is 5.92 Å². The molecule has 0 aromatic heterocycles. The largest absolute Gasteiger partial charge is 0.454 e. The maximum atomic E-state index is 14.2. The Bertz CT molecular complexity index is 898. The summed E-state index contributed by atoms with van der Waals surface area (Å²) in [6, 6.07) is 0. The van der Waals surface area contributed by atoms with Gasteiger partial charge in [-0.3, -0.25) is 9.59 Å². The molecule has 0 aliphatic heterocycles. The Hall–Kier alpha value is -1.50. The number of hydrogen-bond donors (Lipinski definition) is 3. The van der Waals surface area contributed by atoms with Crippen LogP contribution in [0.5, 0.6) is 0 Å². The van der Waals surface area contributed by atoms with E-state index in [4.69, 9.17) is 4.74 Å². The summed E-state index contributed by atoms with van der Waals surface area (Å²) >= 11 is 0. The van der Waals surface area contributed by atoms with Gasteiger partial charge in [0.2, 0.25) is 0 Å². The van der Waals surface area contributed by atoms with Crippen LogP contribution in [0.2, 0.25) is 0 Å². The van der Waals surface area contributed by atoms with Crippen LogP contribution < -0.4 is 0 Å². The van der Waals surface area contributed by atoms with Gasteiger partial charge in [0.25, 0.3) is 0 Å². The minimum Gasteiger partial charge on any atom is -0.454 e. The van der Waals surface area contributed by atoms with Gasteiger partial charge < -0.3 is 20.1 Å². The number of allylic oxidation sites excluding steroid dienone is 1. The molecule has 0 radical (unpaired) electrons. The van der Waals surface area contributed by atoms with Gasteiger partial charge in [0.1, 0.15) is 6.10 Å². The number of fused-ring (bicyclic) bond motifs is 3. The van der Waals surface area contributed by atoms with Crippen molar-refractivity contribution in [1.82, 2.24) is 0 Å². The average molecular weight is 431 g/mol. The van der Waals surface area contributed by atoms with Crippen molar-refractivity contribution in [3.05, 3.63) is 23.3 Å². The van der Waals surface area contributed by atoms with Crippen LogP contribution in [0.1, 0.15) is 53.4 Å². The Balaban J connectivity index is 1.65. The number of carbonyl (C=O) groups is 2. The van der Waals surface area contributed by atoms with Gasteiger partial charge in [-0.05, 0) is 60.5 Å². The monoisotopic (exact) mass is 430 g/mol. The molecule has 2 bridgehead atoms. The first-order valence-corrected chi connectivity index (χ1v) is 11.7. The first kappa shape index (κ1) is 21.4. The highest BCUT2D eigenvalue weighted by molar-refractivity contribution is 5.95. The molecule has 170 valence electrons. The van der Waals surface area contributed by atoms with Gasteiger partial charge in [-0.1, -0.05) is 39.3 Å². The molecule has 0 aromatic carbocycles. The van der Waals surface area contributed by atoms with Crippen molar-refractivity contribution in [2.24, 2.45) is 40.4 Å². The molecule has 6 heteroatoms. The normalized spacial score (nSPS) is 47.8. The van der Waals surface area contributed by atoms with E-state index in [2.05, 4.69) is 13.8 Å². The van der Waals surface area contributed by atoms with Crippen LogP contribution in [0.4, 0.5) is 0 Å². The second-order valence-electron chi connectivity index (χ2n) is 11.3. The van der Waals surface area contributed by atoms with E-state index in [0.717, 1.165) is 25.7 Å². The van der Waals surface area contributed by atoms with Crippen LogP contribution in [0.15, 0.2) is 23.3 Å². The van der Waals surface area contributed by atoms with Crippen molar-refractivity contribution in [2.45, 2.75) is 71.2 Å². The average Bonchev–Trinajstić information content (AvgIpc) is 3.15. The van der Waals surface area contributed by atoms with Crippen molar-refractivity contribution >= 4 is 11.8 Å². The van der Waals surface area contributed by atoms with Crippen LogP contribution in [0.25, 0.3) is 0 Å². The molecule has 8 atom stereocenters. The van der Waals surface area contributed by atoms with Crippen LogP contribution in [-0.2, 0) is 14.3 Å². The molecular formula is C25H34O6. The topological polar surface area (TPSA) is 104 Å². The number of Topliss-reactive ketones (excluding diaryl/α,β-unsaturated/α-hetero) is 1. The second-order valence-corrected chi connectivity index (χ2v) is 11.3. The lowest BCUT2D eigenvalue weighted by atomic mass is 9.59. The minimum atomic E-state index is -2.03. The molecule has 5 aliphatic carbocycles. The number of esters is 1. The van der Waals surface area contributed by atoms with E-state index < -0.39 is 35.7 Å². The van der Waals surface area contributed by atoms with E-state index in [9.17, 15) is 24.9 Å². The molecule has 31 heavy (non-hydrogen) atoms. The Morgan fingerprint density at radius 1 is 1.29 bits per heavy atom. The van der Waals surface area contributed by atoms with Gasteiger partial charge in [-0.25, -0.2) is 0 Å². The number of ketones is 1. The first-order chi connectivity index (χ1) is 14.5. The standard InChI is InChI=1S/C25H34O6/c1-12-10-24-13(2)8-17-18(23(17,3)4)16(20(24)28)9-15(11-26)19(27)25(24,30)21(12)31-22(29)14-6-5-7-14/h9-10,13-14,16-19,21,26-27,30H,5-8,11H2,1-4H3/t13-,16?,17-,18+,19-,21+,24+,25+/m1/s1. The Morgan fingerprint density at radius 3 is 2.55 bits per heavy atom. The van der Waals surface area contributed by atoms with E-state index in [1.807, 2.05) is 6.92 Å². The molecule has 3 saturated carbocycles. The van der Waals surface area contributed by atoms with E-state index in [-0.39, 0.29) is 40.5 Å². The fourth-order valence-corrected chi connectivity index (χ4v) is 7.45. The van der Waals surface area contributed by atoms with Gasteiger partial charge >= 0.3 is 5.97 Å². The summed E-state index contributed by atoms with van der Waals surface area (Å²) in [7, 11) is 0. The number of carbonyl (C=O) groups excluding carboxylic acids is 2. The number of aliphatic hydroxyl groups excluding tert-OH is 2. The second kappa shape index (κ2) is 6.52. The number of ether oxygens (including phenoxy) is 1. The zero-order chi connectivity index (χ0) is 22.5. The predicted octanol–water partition coefficient (Wildman–Crippen LogP) is 2.17. The lowest BCUT2D eigenvalue weighted by Crippen LogP contribution is -2.66. The molecule has 6 nitrogen and oxygen atoms in total. The Morgan fingerprint density at radius 2 is 1.97 bits per heavy atom. The lowest BCUT2D eigenvalue weighted by molar-refractivity contribution is -0.206. The van der Waals surface area contributed by atoms with Crippen molar-refractivity contribution in [3.8, 4) is 0 Å². The van der Waals surface area contributed by atoms with Crippen molar-refractivity contribution < 1.29 is 29.6 Å². The van der Waals surface area contributed by atoms with Crippen LogP contribution >= 0.6 is 0 Å². The minimum absolute atomic E-state index is 0.00583. The quantitative estimate of drug-likeness (QED) is 0.468. The van der Waals surface area contributed by atoms with Gasteiger partial charge in [-0.2, -0.15) is 0 Å². The smallest absolute Gasteiger partial charge is 0.309 e. The van der Waals surface area contributed by atoms with Gasteiger partial charge in [-0.15, -0.1) is 0 Å². The zero-order valence-corrected chi connectivity index (χ0v) is 18.8. The van der Waals surface area contributed by atoms with E-state index >= 15 is 0 Å². The van der Waals surface area contributed by atoms with Gasteiger partial charge in [0.15, 0.2) is 17.5 Å². The third kappa shape index (κ3) is 2.44. The summed E-state index contributed by atoms with van der Waals surface area (Å²) in [5.74, 6) is -0.972. The molecule has 1 spiro atoms. The molecule has 5 rings (SSSR count). The van der Waals surface area contributed by atoms with Crippen molar-refractivity contribution in [2.75, 3.05) is 6.61 Å². The molecule has 3 fully saturated rings. The predicted molar refractivity (Wildman–Crippen MR) is 113 cm³/mol. The molecule has 1 unspecified atom stereocenters. The highest BCUT2D eigenvalue weighted by Gasteiger charge is 2.76. The number of rotatable bonds is 3. The number of aliphatic hydroxyl groups is 3. The van der Waals surface area contributed by atoms with Crippen molar-refractivity contribution in [1.29, 1.82) is 0 Å². The number of hydrogen-bond acceptors (Lipinski definition) is 6. The third-order valence-electron chi connectivity index (χ3n) is 9.57. The maximum Gasteiger partial charge on any atom is 0.309 e. The van der Waals surface area contributed by atoms with E-state index in [0.29, 0.717) is 11.5 Å². The molecule has 0 heterocycles. The highest BCUT2D eigenvalue weighted by Crippen LogP contribution is 2.71. The van der Waals surface area contributed by atoms with Crippen LogP contribution in [-0.4, -0.2) is 51.5 Å². The molecule has 0 aromatic rings. The van der Waals surface area contributed by atoms with Crippen LogP contribution in [0, 0.1) is 40.4 Å². The lowest BCUT2D eigenvalue weighted by Gasteiger charge is -2.49. The van der Waals surface area contributed by atoms with Gasteiger partial charge in [0.05, 0.1) is 17.9 Å². The van der Waals surface area contributed by atoms with E-state index in [1.54, 1.807) is 19.1 Å². The summed E-state index contributed by atoms with van der Waals surface area (Å²) in [6.07, 6.45) is 4.12. The summed E-state index contributed by atoms with van der Waals surface area (Å²) in [5.41, 5.74) is -2.55. The van der Waals surface area contributed by atoms with Crippen molar-refractivity contribution in [3.63, 3.8) is 0 Å². The maximum absolute atomic E-state index is 14.2. The highest BCUT2D eigenvalue weighted by atomic mass is 16.6. The fraction of sp³-hybridized carbons (Fsp3) is 0.760. The summed E-state index contributed by atoms with van der Waals surface area (Å²) in [4.78, 5) is 26.9. The summed E-state index contributed by atoms with van der Waals surface area (Å²) < 4.78 is 5.84. The molecule has 0 saturated heterocycles. The Kier molecular flexibility index (Phi) is 4.49. The van der Waals surface area contributed by atoms with E-state index in [1.165, 1.54) is 0 Å². The first-order valence-electron chi connectivity index (χ1n) is 11.7. The third-order valence-corrected chi connectivity index (χ3v) is 9.57. The Labute approximate surface area is 183 Å². The molecule has 5 aliphatic rings. The molecule has 0 amide bonds. The zero-order valence-electron chi connectivity index (χ0n) is 18.8. The SMILES string of the molecule is CC1=C[C@]23C(=O)C(C=C(CO)[C@@H](O)[C@]2(O)[C@H]1OC(=O)C1CCC1)[C@H]1[C@@H](C[C@H]3C)C1(C)C.